The summed E-state index contributed by atoms with van der Waals surface area (Å²) in [6.07, 6.45) is 6.63. The van der Waals surface area contributed by atoms with Gasteiger partial charge in [0.2, 0.25) is 0 Å². The highest BCUT2D eigenvalue weighted by atomic mass is 79.9. The van der Waals surface area contributed by atoms with Crippen LogP contribution in [0.3, 0.4) is 0 Å². The molecule has 0 aromatic heterocycles. The smallest absolute Gasteiger partial charge is 0.0580 e. The third-order valence-corrected chi connectivity index (χ3v) is 5.79. The monoisotopic (exact) mass is 318 g/mol. The molecule has 3 heteroatoms. The molecule has 0 amide bonds. The van der Waals surface area contributed by atoms with Gasteiger partial charge in [0.05, 0.1) is 12.7 Å². The standard InChI is InChI=1S/C15H27BrO2/c1-12-7-13(2)9-14(8-12)18-11-15(10-16)3-5-17-6-4-15/h12-14H,3-11H2,1-2H3. The number of alkyl halides is 1. The van der Waals surface area contributed by atoms with E-state index in [0.29, 0.717) is 11.5 Å². The summed E-state index contributed by atoms with van der Waals surface area (Å²) < 4.78 is 11.7. The average molecular weight is 319 g/mol. The third-order valence-electron chi connectivity index (χ3n) is 4.60. The second kappa shape index (κ2) is 6.71. The van der Waals surface area contributed by atoms with Gasteiger partial charge in [-0.25, -0.2) is 0 Å². The van der Waals surface area contributed by atoms with E-state index in [1.165, 1.54) is 19.3 Å². The molecule has 0 N–H and O–H groups in total. The first kappa shape index (κ1) is 14.8. The Labute approximate surface area is 120 Å². The summed E-state index contributed by atoms with van der Waals surface area (Å²) in [6.45, 7) is 7.42. The normalized spacial score (nSPS) is 36.5. The first-order chi connectivity index (χ1) is 8.63. The van der Waals surface area contributed by atoms with Crippen LogP contribution in [0.15, 0.2) is 0 Å². The van der Waals surface area contributed by atoms with Crippen LogP contribution in [0.2, 0.25) is 0 Å². The van der Waals surface area contributed by atoms with Crippen molar-refractivity contribution in [1.29, 1.82) is 0 Å². The lowest BCUT2D eigenvalue weighted by Crippen LogP contribution is -2.38. The van der Waals surface area contributed by atoms with Crippen LogP contribution in [0.5, 0.6) is 0 Å². The molecule has 0 aromatic rings. The van der Waals surface area contributed by atoms with Crippen LogP contribution in [-0.2, 0) is 9.47 Å². The highest BCUT2D eigenvalue weighted by Gasteiger charge is 2.34. The van der Waals surface area contributed by atoms with Crippen molar-refractivity contribution in [1.82, 2.24) is 0 Å². The van der Waals surface area contributed by atoms with Crippen LogP contribution < -0.4 is 0 Å². The number of hydrogen-bond acceptors (Lipinski definition) is 2. The Bertz CT molecular complexity index is 241. The molecule has 0 radical (unpaired) electrons. The van der Waals surface area contributed by atoms with Crippen LogP contribution >= 0.6 is 15.9 Å². The molecule has 1 heterocycles. The van der Waals surface area contributed by atoms with E-state index in [1.54, 1.807) is 0 Å². The van der Waals surface area contributed by atoms with Gasteiger partial charge in [-0.05, 0) is 43.9 Å². The van der Waals surface area contributed by atoms with Crippen molar-refractivity contribution in [2.24, 2.45) is 17.3 Å². The topological polar surface area (TPSA) is 18.5 Å². The summed E-state index contributed by atoms with van der Waals surface area (Å²) in [7, 11) is 0. The zero-order chi connectivity index (χ0) is 13.0. The van der Waals surface area contributed by atoms with Crippen molar-refractivity contribution in [2.75, 3.05) is 25.2 Å². The van der Waals surface area contributed by atoms with E-state index in [1.807, 2.05) is 0 Å². The van der Waals surface area contributed by atoms with Gasteiger partial charge in [0.1, 0.15) is 0 Å². The van der Waals surface area contributed by atoms with Crippen molar-refractivity contribution in [3.8, 4) is 0 Å². The molecular formula is C15H27BrO2. The Kier molecular flexibility index (Phi) is 5.52. The predicted octanol–water partition coefficient (Wildman–Crippen LogP) is 4.02. The first-order valence-corrected chi connectivity index (χ1v) is 8.51. The lowest BCUT2D eigenvalue weighted by atomic mass is 9.80. The molecule has 2 aliphatic rings. The summed E-state index contributed by atoms with van der Waals surface area (Å²) in [6, 6.07) is 0. The van der Waals surface area contributed by atoms with E-state index in [9.17, 15) is 0 Å². The minimum Gasteiger partial charge on any atom is -0.381 e. The summed E-state index contributed by atoms with van der Waals surface area (Å²) in [5.41, 5.74) is 0.322. The molecule has 106 valence electrons. The van der Waals surface area contributed by atoms with Gasteiger partial charge in [0.15, 0.2) is 0 Å². The number of halogens is 1. The van der Waals surface area contributed by atoms with E-state index in [-0.39, 0.29) is 0 Å². The van der Waals surface area contributed by atoms with Crippen molar-refractivity contribution < 1.29 is 9.47 Å². The number of rotatable bonds is 4. The molecule has 1 saturated heterocycles. The highest BCUT2D eigenvalue weighted by molar-refractivity contribution is 9.09. The van der Waals surface area contributed by atoms with Crippen molar-refractivity contribution in [3.63, 3.8) is 0 Å². The molecule has 2 rings (SSSR count). The van der Waals surface area contributed by atoms with Crippen LogP contribution in [0.25, 0.3) is 0 Å². The molecule has 1 saturated carbocycles. The largest absolute Gasteiger partial charge is 0.381 e. The van der Waals surface area contributed by atoms with E-state index < -0.39 is 0 Å². The Morgan fingerprint density at radius 3 is 2.28 bits per heavy atom. The van der Waals surface area contributed by atoms with Gasteiger partial charge >= 0.3 is 0 Å². The van der Waals surface area contributed by atoms with E-state index in [2.05, 4.69) is 29.8 Å². The molecule has 1 aliphatic heterocycles. The molecule has 2 unspecified atom stereocenters. The fourth-order valence-corrected chi connectivity index (χ4v) is 4.15. The minimum atomic E-state index is 0.322. The van der Waals surface area contributed by atoms with E-state index in [0.717, 1.165) is 49.8 Å². The average Bonchev–Trinajstić information content (AvgIpc) is 2.36. The molecule has 0 bridgehead atoms. The lowest BCUT2D eigenvalue weighted by molar-refractivity contribution is -0.0704. The summed E-state index contributed by atoms with van der Waals surface area (Å²) in [5, 5.41) is 1.04. The van der Waals surface area contributed by atoms with Gasteiger partial charge in [0, 0.05) is 24.0 Å². The lowest BCUT2D eigenvalue weighted by Gasteiger charge is -2.38. The molecule has 2 fully saturated rings. The van der Waals surface area contributed by atoms with Crippen molar-refractivity contribution in [2.45, 2.75) is 52.1 Å². The van der Waals surface area contributed by atoms with Gasteiger partial charge in [-0.3, -0.25) is 0 Å². The van der Waals surface area contributed by atoms with E-state index in [4.69, 9.17) is 9.47 Å². The van der Waals surface area contributed by atoms with Gasteiger partial charge in [0.25, 0.3) is 0 Å². The Balaban J connectivity index is 1.82. The second-order valence-electron chi connectivity index (χ2n) is 6.60. The minimum absolute atomic E-state index is 0.322. The zero-order valence-electron chi connectivity index (χ0n) is 11.8. The highest BCUT2D eigenvalue weighted by Crippen LogP contribution is 2.36. The van der Waals surface area contributed by atoms with Gasteiger partial charge in [-0.1, -0.05) is 29.8 Å². The molecule has 0 aromatic carbocycles. The number of ether oxygens (including phenoxy) is 2. The second-order valence-corrected chi connectivity index (χ2v) is 7.16. The zero-order valence-corrected chi connectivity index (χ0v) is 13.4. The molecule has 2 nitrogen and oxygen atoms in total. The first-order valence-electron chi connectivity index (χ1n) is 7.39. The van der Waals surface area contributed by atoms with Crippen LogP contribution in [0.4, 0.5) is 0 Å². The SMILES string of the molecule is CC1CC(C)CC(OCC2(CBr)CCOCC2)C1. The maximum Gasteiger partial charge on any atom is 0.0580 e. The maximum absolute atomic E-state index is 6.27. The van der Waals surface area contributed by atoms with Crippen LogP contribution in [0.1, 0.15) is 46.0 Å². The van der Waals surface area contributed by atoms with E-state index >= 15 is 0 Å². The van der Waals surface area contributed by atoms with Crippen LogP contribution in [-0.4, -0.2) is 31.3 Å². The van der Waals surface area contributed by atoms with Gasteiger partial charge < -0.3 is 9.47 Å². The molecule has 18 heavy (non-hydrogen) atoms. The summed E-state index contributed by atoms with van der Waals surface area (Å²) in [4.78, 5) is 0. The summed E-state index contributed by atoms with van der Waals surface area (Å²) in [5.74, 6) is 1.65. The van der Waals surface area contributed by atoms with Gasteiger partial charge in [-0.15, -0.1) is 0 Å². The van der Waals surface area contributed by atoms with Crippen molar-refractivity contribution in [3.05, 3.63) is 0 Å². The fourth-order valence-electron chi connectivity index (χ4n) is 3.42. The van der Waals surface area contributed by atoms with Crippen molar-refractivity contribution >= 4 is 15.9 Å². The van der Waals surface area contributed by atoms with Gasteiger partial charge in [-0.2, -0.15) is 0 Å². The molecule has 0 spiro atoms. The fraction of sp³-hybridized carbons (Fsp3) is 1.00. The third kappa shape index (κ3) is 3.94. The van der Waals surface area contributed by atoms with Crippen LogP contribution in [0, 0.1) is 17.3 Å². The Hall–Kier alpha value is 0.400. The Morgan fingerprint density at radius 2 is 1.72 bits per heavy atom. The molecule has 1 aliphatic carbocycles. The maximum atomic E-state index is 6.27. The summed E-state index contributed by atoms with van der Waals surface area (Å²) >= 11 is 3.68. The predicted molar refractivity (Wildman–Crippen MR) is 78.2 cm³/mol. The number of hydrogen-bond donors (Lipinski definition) is 0. The molecular weight excluding hydrogens is 292 g/mol. The molecule has 2 atom stereocenters. The Morgan fingerprint density at radius 1 is 1.11 bits per heavy atom. The quantitative estimate of drug-likeness (QED) is 0.729.